The monoisotopic (exact) mass is 318 g/mol. The van der Waals surface area contributed by atoms with Crippen LogP contribution in [0.1, 0.15) is 27.2 Å². The van der Waals surface area contributed by atoms with Gasteiger partial charge in [-0.15, -0.1) is 0 Å². The number of esters is 1. The molecule has 1 aromatic carbocycles. The summed E-state index contributed by atoms with van der Waals surface area (Å²) in [5.41, 5.74) is -0.0470. The molecule has 2 amide bonds. The van der Waals surface area contributed by atoms with E-state index in [0.717, 1.165) is 0 Å². The number of amides is 2. The number of carbonyl (C=O) groups is 2. The van der Waals surface area contributed by atoms with Gasteiger partial charge in [0, 0.05) is 19.6 Å². The van der Waals surface area contributed by atoms with Gasteiger partial charge in [-0.3, -0.25) is 9.69 Å². The fourth-order valence-electron chi connectivity index (χ4n) is 2.37. The van der Waals surface area contributed by atoms with Crippen molar-refractivity contribution < 1.29 is 18.7 Å². The molecule has 0 atom stereocenters. The van der Waals surface area contributed by atoms with Gasteiger partial charge in [-0.1, -0.05) is 11.5 Å². The van der Waals surface area contributed by atoms with E-state index >= 15 is 0 Å². The summed E-state index contributed by atoms with van der Waals surface area (Å²) in [7, 11) is 5.51. The lowest BCUT2D eigenvalue weighted by atomic mass is 9.96. The van der Waals surface area contributed by atoms with Gasteiger partial charge in [0.25, 0.3) is 0 Å². The third-order valence-electron chi connectivity index (χ3n) is 3.36. The lowest BCUT2D eigenvalue weighted by molar-refractivity contribution is -0.154. The first-order valence-corrected chi connectivity index (χ1v) is 7.51. The molecule has 1 heterocycles. The van der Waals surface area contributed by atoms with Crippen LogP contribution in [0, 0.1) is 5.82 Å². The number of benzene rings is 1. The first-order chi connectivity index (χ1) is 10.7. The third-order valence-corrected chi connectivity index (χ3v) is 3.36. The Morgan fingerprint density at radius 3 is 2.65 bits per heavy atom. The molecule has 0 spiro atoms. The molecule has 0 aliphatic carbocycles. The first-order valence-electron chi connectivity index (χ1n) is 7.51. The van der Waals surface area contributed by atoms with Gasteiger partial charge in [0.1, 0.15) is 19.3 Å². The largest absolute Gasteiger partial charge is 0.460 e. The fourth-order valence-corrected chi connectivity index (χ4v) is 2.37. The Labute approximate surface area is 136 Å². The van der Waals surface area contributed by atoms with E-state index in [9.17, 15) is 14.0 Å². The topological polar surface area (TPSA) is 49.9 Å². The maximum atomic E-state index is 13.9. The molecule has 2 radical (unpaired) electrons. The van der Waals surface area contributed by atoms with E-state index in [1.54, 1.807) is 26.8 Å². The highest BCUT2D eigenvalue weighted by Crippen LogP contribution is 2.23. The van der Waals surface area contributed by atoms with Crippen molar-refractivity contribution >= 4 is 31.0 Å². The average Bonchev–Trinajstić information content (AvgIpc) is 2.76. The van der Waals surface area contributed by atoms with Crippen molar-refractivity contribution in [3.63, 3.8) is 0 Å². The Bertz CT molecular complexity index is 616. The van der Waals surface area contributed by atoms with Crippen molar-refractivity contribution in [2.75, 3.05) is 24.5 Å². The molecule has 0 N–H and O–H groups in total. The number of hydrogen-bond acceptors (Lipinski definition) is 3. The van der Waals surface area contributed by atoms with Crippen molar-refractivity contribution in [3.05, 3.63) is 24.0 Å². The predicted octanol–water partition coefficient (Wildman–Crippen LogP) is 1.59. The van der Waals surface area contributed by atoms with Crippen LogP contribution in [0.2, 0.25) is 0 Å². The zero-order chi connectivity index (χ0) is 17.2. The quantitative estimate of drug-likeness (QED) is 0.626. The van der Waals surface area contributed by atoms with Crippen molar-refractivity contribution in [1.29, 1.82) is 0 Å². The molecule has 1 fully saturated rings. The summed E-state index contributed by atoms with van der Waals surface area (Å²) in [5, 5.41) is 0. The molecular formula is C16H20BFN2O3. The third kappa shape index (κ3) is 4.47. The van der Waals surface area contributed by atoms with Crippen molar-refractivity contribution in [2.45, 2.75) is 32.8 Å². The Kier molecular flexibility index (Phi) is 4.97. The molecule has 2 rings (SSSR count). The molecule has 5 nitrogen and oxygen atoms in total. The maximum absolute atomic E-state index is 13.9. The van der Waals surface area contributed by atoms with Crippen LogP contribution in [0.5, 0.6) is 0 Å². The molecule has 122 valence electrons. The van der Waals surface area contributed by atoms with Crippen LogP contribution in [-0.2, 0) is 9.53 Å². The first kappa shape index (κ1) is 17.3. The minimum Gasteiger partial charge on any atom is -0.460 e. The summed E-state index contributed by atoms with van der Waals surface area (Å²) in [4.78, 5) is 26.9. The molecule has 1 aliphatic heterocycles. The normalized spacial score (nSPS) is 15.2. The highest BCUT2D eigenvalue weighted by atomic mass is 19.1. The van der Waals surface area contributed by atoms with Gasteiger partial charge in [-0.05, 0) is 32.9 Å². The zero-order valence-corrected chi connectivity index (χ0v) is 13.6. The SMILES string of the molecule is [B]c1ccc(N2CCN(CCC(=O)OC(C)(C)C)C2=O)c(F)c1. The van der Waals surface area contributed by atoms with Crippen molar-refractivity contribution in [1.82, 2.24) is 4.90 Å². The van der Waals surface area contributed by atoms with Gasteiger partial charge in [-0.25, -0.2) is 9.18 Å². The predicted molar refractivity (Wildman–Crippen MR) is 86.6 cm³/mol. The molecule has 1 saturated heterocycles. The van der Waals surface area contributed by atoms with Gasteiger partial charge in [0.2, 0.25) is 0 Å². The van der Waals surface area contributed by atoms with Crippen LogP contribution in [0.3, 0.4) is 0 Å². The van der Waals surface area contributed by atoms with Gasteiger partial charge in [0.15, 0.2) is 0 Å². The lowest BCUT2D eigenvalue weighted by Crippen LogP contribution is -2.34. The zero-order valence-electron chi connectivity index (χ0n) is 13.6. The van der Waals surface area contributed by atoms with Crippen LogP contribution in [0.4, 0.5) is 14.9 Å². The number of anilines is 1. The number of carbonyl (C=O) groups excluding carboxylic acids is 2. The van der Waals surface area contributed by atoms with Crippen molar-refractivity contribution in [3.8, 4) is 0 Å². The van der Waals surface area contributed by atoms with Crippen LogP contribution < -0.4 is 10.4 Å². The average molecular weight is 318 g/mol. The summed E-state index contributed by atoms with van der Waals surface area (Å²) >= 11 is 0. The molecular weight excluding hydrogens is 298 g/mol. The van der Waals surface area contributed by atoms with Gasteiger partial charge < -0.3 is 9.64 Å². The Hall–Kier alpha value is -2.05. The molecule has 1 aromatic rings. The lowest BCUT2D eigenvalue weighted by Gasteiger charge is -2.21. The van der Waals surface area contributed by atoms with Crippen LogP contribution >= 0.6 is 0 Å². The molecule has 7 heteroatoms. The number of urea groups is 1. The van der Waals surface area contributed by atoms with E-state index in [1.165, 1.54) is 21.9 Å². The number of rotatable bonds is 4. The van der Waals surface area contributed by atoms with Crippen LogP contribution in [0.15, 0.2) is 18.2 Å². The molecule has 0 unspecified atom stereocenters. The second-order valence-electron chi connectivity index (χ2n) is 6.47. The highest BCUT2D eigenvalue weighted by Gasteiger charge is 2.31. The van der Waals surface area contributed by atoms with Gasteiger partial charge in [-0.2, -0.15) is 0 Å². The summed E-state index contributed by atoms with van der Waals surface area (Å²) in [6, 6.07) is 3.90. The molecule has 23 heavy (non-hydrogen) atoms. The Morgan fingerprint density at radius 1 is 1.35 bits per heavy atom. The van der Waals surface area contributed by atoms with E-state index in [4.69, 9.17) is 12.6 Å². The number of halogens is 1. The van der Waals surface area contributed by atoms with Crippen molar-refractivity contribution in [2.24, 2.45) is 0 Å². The summed E-state index contributed by atoms with van der Waals surface area (Å²) in [5.74, 6) is -0.894. The van der Waals surface area contributed by atoms with Crippen LogP contribution in [-0.4, -0.2) is 50.0 Å². The van der Waals surface area contributed by atoms with E-state index in [2.05, 4.69) is 0 Å². The second kappa shape index (κ2) is 6.60. The summed E-state index contributed by atoms with van der Waals surface area (Å²) in [6.45, 7) is 6.42. The number of ether oxygens (including phenoxy) is 1. The summed E-state index contributed by atoms with van der Waals surface area (Å²) in [6.07, 6.45) is 0.112. The number of hydrogen-bond donors (Lipinski definition) is 0. The Morgan fingerprint density at radius 2 is 2.04 bits per heavy atom. The smallest absolute Gasteiger partial charge is 0.324 e. The van der Waals surface area contributed by atoms with Gasteiger partial charge in [0.05, 0.1) is 12.1 Å². The highest BCUT2D eigenvalue weighted by molar-refractivity contribution is 6.32. The molecule has 0 bridgehead atoms. The van der Waals surface area contributed by atoms with E-state index in [0.29, 0.717) is 18.6 Å². The minimum atomic E-state index is -0.550. The standard InChI is InChI=1S/C16H20BFN2O3/c1-16(2,3)23-14(21)6-7-19-8-9-20(15(19)22)13-5-4-11(17)10-12(13)18/h4-5,10H,6-9H2,1-3H3. The minimum absolute atomic E-state index is 0.112. The van der Waals surface area contributed by atoms with E-state index in [-0.39, 0.29) is 30.7 Å². The molecule has 0 saturated carbocycles. The summed E-state index contributed by atoms with van der Waals surface area (Å²) < 4.78 is 19.1. The van der Waals surface area contributed by atoms with E-state index in [1.807, 2.05) is 0 Å². The number of nitrogens with zero attached hydrogens (tertiary/aromatic N) is 2. The Balaban J connectivity index is 1.95. The van der Waals surface area contributed by atoms with Crippen LogP contribution in [0.25, 0.3) is 0 Å². The van der Waals surface area contributed by atoms with Gasteiger partial charge >= 0.3 is 12.0 Å². The van der Waals surface area contributed by atoms with E-state index < -0.39 is 11.4 Å². The molecule has 0 aromatic heterocycles. The molecule has 1 aliphatic rings. The maximum Gasteiger partial charge on any atom is 0.324 e. The fraction of sp³-hybridized carbons (Fsp3) is 0.500. The second-order valence-corrected chi connectivity index (χ2v) is 6.47.